The maximum atomic E-state index is 9.12. The highest BCUT2D eigenvalue weighted by molar-refractivity contribution is 6.09. The van der Waals surface area contributed by atoms with Gasteiger partial charge in [0.15, 0.2) is 0 Å². The molecule has 0 bridgehead atoms. The number of fused-ring (bicyclic) bond motifs is 3. The normalized spacial score (nSPS) is 13.1. The molecule has 2 heterocycles. The summed E-state index contributed by atoms with van der Waals surface area (Å²) in [4.78, 5) is 4.75. The number of para-hydroxylation sites is 2. The van der Waals surface area contributed by atoms with Gasteiger partial charge in [-0.2, -0.15) is 0 Å². The molecule has 182 valence electrons. The van der Waals surface area contributed by atoms with Gasteiger partial charge in [-0.15, -0.1) is 0 Å². The number of pyridine rings is 1. The summed E-state index contributed by atoms with van der Waals surface area (Å²) in [6, 6.07) is 32.7. The van der Waals surface area contributed by atoms with Crippen LogP contribution in [0.4, 0.5) is 0 Å². The maximum Gasteiger partial charge on any atom is 0.144 e. The lowest BCUT2D eigenvalue weighted by molar-refractivity contribution is 0.670. The first kappa shape index (κ1) is 21.0. The van der Waals surface area contributed by atoms with E-state index >= 15 is 0 Å². The van der Waals surface area contributed by atoms with Crippen molar-refractivity contribution >= 4 is 21.9 Å². The van der Waals surface area contributed by atoms with Crippen molar-refractivity contribution in [1.82, 2.24) is 4.98 Å². The smallest absolute Gasteiger partial charge is 0.144 e. The number of aromatic nitrogens is 1. The lowest BCUT2D eigenvalue weighted by Gasteiger charge is -2.22. The molecule has 0 atom stereocenters. The highest BCUT2D eigenvalue weighted by atomic mass is 16.3. The number of benzene rings is 4. The second-order valence-electron chi connectivity index (χ2n) is 10.0. The van der Waals surface area contributed by atoms with Crippen LogP contribution >= 0.6 is 0 Å². The quantitative estimate of drug-likeness (QED) is 0.244. The summed E-state index contributed by atoms with van der Waals surface area (Å²) in [5, 5.41) is 2.14. The molecule has 0 unspecified atom stereocenters. The zero-order chi connectivity index (χ0) is 27.4. The molecule has 0 aliphatic carbocycles. The summed E-state index contributed by atoms with van der Waals surface area (Å²) in [5.74, 6) is -1.77. The van der Waals surface area contributed by atoms with E-state index < -0.39 is 11.8 Å². The molecule has 0 spiro atoms. The van der Waals surface area contributed by atoms with Crippen LogP contribution in [0.15, 0.2) is 108 Å². The van der Waals surface area contributed by atoms with E-state index in [9.17, 15) is 0 Å². The van der Waals surface area contributed by atoms with Crippen LogP contribution in [0, 0.1) is 0 Å². The third kappa shape index (κ3) is 4.13. The molecule has 6 rings (SSSR count). The summed E-state index contributed by atoms with van der Waals surface area (Å²) in [7, 11) is 0. The van der Waals surface area contributed by atoms with Crippen LogP contribution in [0.1, 0.15) is 53.4 Å². The van der Waals surface area contributed by atoms with E-state index in [0.29, 0.717) is 0 Å². The highest BCUT2D eigenvalue weighted by Gasteiger charge is 2.20. The van der Waals surface area contributed by atoms with Crippen molar-refractivity contribution in [3.05, 3.63) is 114 Å². The number of hydrogen-bond donors (Lipinski definition) is 0. The van der Waals surface area contributed by atoms with E-state index in [4.69, 9.17) is 12.1 Å². The van der Waals surface area contributed by atoms with Gasteiger partial charge in [-0.25, -0.2) is 0 Å². The van der Waals surface area contributed by atoms with Gasteiger partial charge in [0.1, 0.15) is 11.2 Å². The molecular weight excluding hydrogens is 450 g/mol. The maximum absolute atomic E-state index is 9.12. The molecule has 0 radical (unpaired) electrons. The van der Waals surface area contributed by atoms with E-state index in [1.807, 2.05) is 88.5 Å². The first-order valence-electron chi connectivity index (χ1n) is 13.7. The Balaban J connectivity index is 1.60. The molecule has 37 heavy (non-hydrogen) atoms. The number of nitrogens with zero attached hydrogens (tertiary/aromatic N) is 1. The van der Waals surface area contributed by atoms with Gasteiger partial charge < -0.3 is 4.42 Å². The SMILES string of the molecule is [2H]C(C)(C)c1cc(-c2ccccc2)cc(C([2H])(C)C)c1-c1ccnc(-c2cccc3c2oc2ccccc23)c1. The first-order valence-corrected chi connectivity index (χ1v) is 12.7. The van der Waals surface area contributed by atoms with Crippen molar-refractivity contribution < 1.29 is 7.16 Å². The van der Waals surface area contributed by atoms with Crippen molar-refractivity contribution in [2.45, 2.75) is 39.5 Å². The predicted molar refractivity (Wildman–Crippen MR) is 156 cm³/mol. The van der Waals surface area contributed by atoms with Crippen LogP contribution in [0.5, 0.6) is 0 Å². The van der Waals surface area contributed by atoms with Gasteiger partial charge >= 0.3 is 0 Å². The Labute approximate surface area is 221 Å². The van der Waals surface area contributed by atoms with Crippen molar-refractivity contribution in [2.75, 3.05) is 0 Å². The number of hydrogen-bond acceptors (Lipinski definition) is 2. The van der Waals surface area contributed by atoms with Crippen LogP contribution in [0.2, 0.25) is 0 Å². The van der Waals surface area contributed by atoms with Crippen molar-refractivity contribution in [3.8, 4) is 33.5 Å². The largest absolute Gasteiger partial charge is 0.455 e. The Kier molecular flexibility index (Phi) is 5.31. The average molecular weight is 484 g/mol. The van der Waals surface area contributed by atoms with E-state index in [2.05, 4.69) is 42.5 Å². The standard InChI is InChI=1S/C35H31NO/c1-22(2)30-19-26(24-11-6-5-7-12-24)20-31(23(3)4)34(30)25-17-18-36-32(21-25)29-15-10-14-28-27-13-8-9-16-33(27)37-35(28)29/h5-23H,1-4H3/i22D,23D. The van der Waals surface area contributed by atoms with Crippen LogP contribution < -0.4 is 0 Å². The van der Waals surface area contributed by atoms with E-state index in [1.165, 1.54) is 0 Å². The highest BCUT2D eigenvalue weighted by Crippen LogP contribution is 2.41. The fourth-order valence-electron chi connectivity index (χ4n) is 5.22. The van der Waals surface area contributed by atoms with Gasteiger partial charge in [-0.1, -0.05) is 100 Å². The minimum atomic E-state index is -0.887. The molecule has 0 aliphatic heterocycles. The molecule has 0 saturated carbocycles. The molecule has 0 saturated heterocycles. The molecule has 2 nitrogen and oxygen atoms in total. The van der Waals surface area contributed by atoms with Crippen LogP contribution in [-0.2, 0) is 0 Å². The molecule has 2 aromatic heterocycles. The van der Waals surface area contributed by atoms with E-state index in [0.717, 1.165) is 66.6 Å². The lowest BCUT2D eigenvalue weighted by Crippen LogP contribution is -2.02. The molecule has 2 heteroatoms. The zero-order valence-corrected chi connectivity index (χ0v) is 21.7. The first-order chi connectivity index (χ1) is 18.6. The fourth-order valence-corrected chi connectivity index (χ4v) is 5.22. The Morgan fingerprint density at radius 1 is 0.649 bits per heavy atom. The van der Waals surface area contributed by atoms with E-state index in [-0.39, 0.29) is 0 Å². The van der Waals surface area contributed by atoms with Crippen LogP contribution in [0.25, 0.3) is 55.4 Å². The molecule has 0 N–H and O–H groups in total. The third-order valence-corrected chi connectivity index (χ3v) is 7.05. The summed E-state index contributed by atoms with van der Waals surface area (Å²) in [6.45, 7) is 7.66. The second kappa shape index (κ2) is 9.37. The molecule has 4 aromatic carbocycles. The number of rotatable bonds is 5. The van der Waals surface area contributed by atoms with Gasteiger partial charge in [0.2, 0.25) is 0 Å². The topological polar surface area (TPSA) is 26.0 Å². The number of furan rings is 1. The molecule has 0 amide bonds. The molecular formula is C35H31NO. The van der Waals surface area contributed by atoms with E-state index in [1.54, 1.807) is 0 Å². The fraction of sp³-hybridized carbons (Fsp3) is 0.171. The van der Waals surface area contributed by atoms with Crippen molar-refractivity contribution in [1.29, 1.82) is 0 Å². The summed E-state index contributed by atoms with van der Waals surface area (Å²) < 4.78 is 24.5. The van der Waals surface area contributed by atoms with Crippen LogP contribution in [-0.4, -0.2) is 4.98 Å². The van der Waals surface area contributed by atoms with Gasteiger partial charge in [-0.05, 0) is 69.4 Å². The summed E-state index contributed by atoms with van der Waals surface area (Å²) >= 11 is 0. The molecule has 0 fully saturated rings. The Bertz CT molecular complexity index is 1790. The van der Waals surface area contributed by atoms with Gasteiger partial charge in [0.05, 0.1) is 5.69 Å². The lowest BCUT2D eigenvalue weighted by atomic mass is 9.82. The Morgan fingerprint density at radius 3 is 2.05 bits per heavy atom. The summed E-state index contributed by atoms with van der Waals surface area (Å²) in [6.07, 6.45) is 1.82. The van der Waals surface area contributed by atoms with Gasteiger partial charge in [0.25, 0.3) is 0 Å². The summed E-state index contributed by atoms with van der Waals surface area (Å²) in [5.41, 5.74) is 9.12. The van der Waals surface area contributed by atoms with Crippen molar-refractivity contribution in [3.63, 3.8) is 0 Å². The Hall–Kier alpha value is -4.17. The third-order valence-electron chi connectivity index (χ3n) is 7.05. The van der Waals surface area contributed by atoms with Crippen LogP contribution in [0.3, 0.4) is 0 Å². The zero-order valence-electron chi connectivity index (χ0n) is 23.7. The average Bonchev–Trinajstić information content (AvgIpc) is 3.31. The minimum Gasteiger partial charge on any atom is -0.455 e. The second-order valence-corrected chi connectivity index (χ2v) is 10.0. The molecule has 6 aromatic rings. The van der Waals surface area contributed by atoms with Gasteiger partial charge in [0, 0.05) is 25.3 Å². The Morgan fingerprint density at radius 2 is 1.32 bits per heavy atom. The van der Waals surface area contributed by atoms with Gasteiger partial charge in [-0.3, -0.25) is 4.98 Å². The molecule has 0 aliphatic rings. The van der Waals surface area contributed by atoms with Crippen molar-refractivity contribution in [2.24, 2.45) is 0 Å². The predicted octanol–water partition coefficient (Wildman–Crippen LogP) is 10.2. The monoisotopic (exact) mass is 483 g/mol. The minimum absolute atomic E-state index is 0.798.